The molecule has 0 unspecified atom stereocenters. The third-order valence-corrected chi connectivity index (χ3v) is 4.13. The maximum Gasteiger partial charge on any atom is 0.269 e. The molecule has 22 heavy (non-hydrogen) atoms. The van der Waals surface area contributed by atoms with Crippen LogP contribution in [0.2, 0.25) is 0 Å². The average molecular weight is 301 g/mol. The van der Waals surface area contributed by atoms with Crippen LogP contribution in [-0.2, 0) is 6.54 Å². The van der Waals surface area contributed by atoms with Crippen molar-refractivity contribution < 1.29 is 9.34 Å². The molecular weight excluding hydrogens is 282 g/mol. The molecule has 6 nitrogen and oxygen atoms in total. The Morgan fingerprint density at radius 3 is 2.36 bits per heavy atom. The van der Waals surface area contributed by atoms with Crippen LogP contribution < -0.4 is 4.90 Å². The second-order valence-electron chi connectivity index (χ2n) is 5.56. The number of nitro groups is 1. The van der Waals surface area contributed by atoms with E-state index >= 15 is 0 Å². The first-order valence-corrected chi connectivity index (χ1v) is 7.38. The molecule has 6 heteroatoms. The highest BCUT2D eigenvalue weighted by Gasteiger charge is 2.19. The fourth-order valence-electron chi connectivity index (χ4n) is 2.72. The van der Waals surface area contributed by atoms with Gasteiger partial charge in [-0.15, -0.1) is 0 Å². The summed E-state index contributed by atoms with van der Waals surface area (Å²) in [7, 11) is 0. The Morgan fingerprint density at radius 2 is 1.82 bits per heavy atom. The lowest BCUT2D eigenvalue weighted by molar-refractivity contribution is -0.384. The zero-order chi connectivity index (χ0) is 15.5. The summed E-state index contributed by atoms with van der Waals surface area (Å²) in [5.74, 6) is 1.03. The van der Waals surface area contributed by atoms with Gasteiger partial charge in [-0.3, -0.25) is 15.0 Å². The van der Waals surface area contributed by atoms with Crippen LogP contribution in [-0.4, -0.2) is 36.0 Å². The Labute approximate surface area is 129 Å². The molecule has 1 aromatic carbocycles. The molecule has 1 aliphatic rings. The molecule has 1 aliphatic heterocycles. The van der Waals surface area contributed by atoms with Crippen molar-refractivity contribution in [3.05, 3.63) is 58.0 Å². The number of non-ortho nitro benzene ring substituents is 1. The van der Waals surface area contributed by atoms with E-state index in [4.69, 9.17) is 4.42 Å². The number of nitro benzene ring substituents is 1. The highest BCUT2D eigenvalue weighted by atomic mass is 16.6. The van der Waals surface area contributed by atoms with Gasteiger partial charge < -0.3 is 9.32 Å². The Hall–Kier alpha value is -2.34. The molecule has 0 amide bonds. The highest BCUT2D eigenvalue weighted by Crippen LogP contribution is 2.21. The third-order valence-electron chi connectivity index (χ3n) is 4.13. The van der Waals surface area contributed by atoms with Gasteiger partial charge in [0.25, 0.3) is 5.69 Å². The van der Waals surface area contributed by atoms with Crippen molar-refractivity contribution in [1.82, 2.24) is 4.90 Å². The normalized spacial score (nSPS) is 16.0. The van der Waals surface area contributed by atoms with E-state index in [1.807, 2.05) is 18.2 Å². The van der Waals surface area contributed by atoms with Crippen molar-refractivity contribution in [2.45, 2.75) is 13.5 Å². The molecule has 0 aliphatic carbocycles. The lowest BCUT2D eigenvalue weighted by atomic mass is 10.2. The van der Waals surface area contributed by atoms with E-state index in [0.29, 0.717) is 0 Å². The number of hydrogen-bond acceptors (Lipinski definition) is 5. The second-order valence-corrected chi connectivity index (χ2v) is 5.56. The van der Waals surface area contributed by atoms with Crippen molar-refractivity contribution in [2.75, 3.05) is 31.1 Å². The first-order chi connectivity index (χ1) is 10.6. The summed E-state index contributed by atoms with van der Waals surface area (Å²) in [5, 5.41) is 10.7. The third kappa shape index (κ3) is 3.12. The standard InChI is InChI=1S/C16H19N3O3/c1-13-6-11-22-16(13)12-17-7-9-18(10-8-17)14-2-4-15(5-3-14)19(20)21/h2-6,11H,7-10,12H2,1H3. The van der Waals surface area contributed by atoms with Crippen LogP contribution in [0.4, 0.5) is 11.4 Å². The molecule has 1 fully saturated rings. The van der Waals surface area contributed by atoms with Gasteiger partial charge in [0.2, 0.25) is 0 Å². The topological polar surface area (TPSA) is 62.8 Å². The lowest BCUT2D eigenvalue weighted by Crippen LogP contribution is -2.45. The van der Waals surface area contributed by atoms with E-state index in [-0.39, 0.29) is 10.6 Å². The molecule has 0 atom stereocenters. The van der Waals surface area contributed by atoms with Crippen molar-refractivity contribution in [2.24, 2.45) is 0 Å². The summed E-state index contributed by atoms with van der Waals surface area (Å²) >= 11 is 0. The quantitative estimate of drug-likeness (QED) is 0.642. The first kappa shape index (κ1) is 14.6. The number of hydrogen-bond donors (Lipinski definition) is 0. The lowest BCUT2D eigenvalue weighted by Gasteiger charge is -2.35. The number of aryl methyl sites for hydroxylation is 1. The number of anilines is 1. The average Bonchev–Trinajstić information content (AvgIpc) is 2.93. The summed E-state index contributed by atoms with van der Waals surface area (Å²) in [4.78, 5) is 14.9. The largest absolute Gasteiger partial charge is 0.468 e. The molecule has 0 bridgehead atoms. The molecule has 3 rings (SSSR count). The predicted octanol–water partition coefficient (Wildman–Crippen LogP) is 2.82. The molecule has 0 saturated carbocycles. The van der Waals surface area contributed by atoms with E-state index < -0.39 is 0 Å². The minimum Gasteiger partial charge on any atom is -0.468 e. The van der Waals surface area contributed by atoms with Crippen LogP contribution >= 0.6 is 0 Å². The van der Waals surface area contributed by atoms with Crippen molar-refractivity contribution in [1.29, 1.82) is 0 Å². The molecule has 0 N–H and O–H groups in total. The van der Waals surface area contributed by atoms with Gasteiger partial charge in [-0.25, -0.2) is 0 Å². The number of piperazine rings is 1. The van der Waals surface area contributed by atoms with E-state index in [1.165, 1.54) is 5.56 Å². The van der Waals surface area contributed by atoms with Crippen LogP contribution in [0.15, 0.2) is 41.0 Å². The minimum absolute atomic E-state index is 0.135. The Kier molecular flexibility index (Phi) is 4.11. The van der Waals surface area contributed by atoms with Gasteiger partial charge in [0.15, 0.2) is 0 Å². The molecule has 1 aromatic heterocycles. The van der Waals surface area contributed by atoms with Crippen molar-refractivity contribution in [3.63, 3.8) is 0 Å². The molecule has 0 radical (unpaired) electrons. The van der Waals surface area contributed by atoms with Gasteiger partial charge in [0.1, 0.15) is 5.76 Å². The Morgan fingerprint density at radius 1 is 1.14 bits per heavy atom. The van der Waals surface area contributed by atoms with E-state index in [1.54, 1.807) is 18.4 Å². The van der Waals surface area contributed by atoms with Crippen LogP contribution in [0.1, 0.15) is 11.3 Å². The van der Waals surface area contributed by atoms with Gasteiger partial charge in [-0.2, -0.15) is 0 Å². The fourth-order valence-corrected chi connectivity index (χ4v) is 2.72. The Bertz CT molecular complexity index is 643. The molecular formula is C16H19N3O3. The van der Waals surface area contributed by atoms with Crippen molar-refractivity contribution >= 4 is 11.4 Å². The van der Waals surface area contributed by atoms with E-state index in [0.717, 1.165) is 44.2 Å². The van der Waals surface area contributed by atoms with Gasteiger partial charge in [0.05, 0.1) is 17.7 Å². The number of benzene rings is 1. The maximum atomic E-state index is 10.7. The molecule has 116 valence electrons. The highest BCUT2D eigenvalue weighted by molar-refractivity contribution is 5.51. The summed E-state index contributed by atoms with van der Waals surface area (Å²) in [6, 6.07) is 8.76. The summed E-state index contributed by atoms with van der Waals surface area (Å²) in [6.07, 6.45) is 1.73. The van der Waals surface area contributed by atoms with Gasteiger partial charge >= 0.3 is 0 Å². The molecule has 2 heterocycles. The van der Waals surface area contributed by atoms with Gasteiger partial charge in [-0.1, -0.05) is 0 Å². The summed E-state index contributed by atoms with van der Waals surface area (Å²) < 4.78 is 5.49. The Balaban J connectivity index is 1.57. The zero-order valence-electron chi connectivity index (χ0n) is 12.6. The van der Waals surface area contributed by atoms with Crippen LogP contribution in [0, 0.1) is 17.0 Å². The van der Waals surface area contributed by atoms with Gasteiger partial charge in [-0.05, 0) is 30.7 Å². The number of nitrogens with zero attached hydrogens (tertiary/aromatic N) is 3. The van der Waals surface area contributed by atoms with Crippen LogP contribution in [0.5, 0.6) is 0 Å². The summed E-state index contributed by atoms with van der Waals surface area (Å²) in [5.41, 5.74) is 2.37. The van der Waals surface area contributed by atoms with Crippen LogP contribution in [0.3, 0.4) is 0 Å². The number of furan rings is 1. The van der Waals surface area contributed by atoms with E-state index in [2.05, 4.69) is 16.7 Å². The SMILES string of the molecule is Cc1ccoc1CN1CCN(c2ccc([N+](=O)[O-])cc2)CC1. The van der Waals surface area contributed by atoms with E-state index in [9.17, 15) is 10.1 Å². The summed E-state index contributed by atoms with van der Waals surface area (Å²) in [6.45, 7) is 6.64. The molecule has 1 saturated heterocycles. The first-order valence-electron chi connectivity index (χ1n) is 7.38. The minimum atomic E-state index is -0.368. The van der Waals surface area contributed by atoms with Crippen LogP contribution in [0.25, 0.3) is 0 Å². The molecule has 0 spiro atoms. The maximum absolute atomic E-state index is 10.7. The fraction of sp³-hybridized carbons (Fsp3) is 0.375. The predicted molar refractivity (Wildman–Crippen MR) is 84.0 cm³/mol. The number of rotatable bonds is 4. The second kappa shape index (κ2) is 6.19. The zero-order valence-corrected chi connectivity index (χ0v) is 12.6. The smallest absolute Gasteiger partial charge is 0.269 e. The van der Waals surface area contributed by atoms with Crippen molar-refractivity contribution in [3.8, 4) is 0 Å². The van der Waals surface area contributed by atoms with Gasteiger partial charge in [0, 0.05) is 44.0 Å². The monoisotopic (exact) mass is 301 g/mol. The molecule has 2 aromatic rings.